The molecule has 0 amide bonds. The normalized spacial score (nSPS) is 10.8. The van der Waals surface area contributed by atoms with Gasteiger partial charge in [0.1, 0.15) is 0 Å². The van der Waals surface area contributed by atoms with Gasteiger partial charge in [0.25, 0.3) is 5.56 Å². The Kier molecular flexibility index (Phi) is 1.84. The first-order chi connectivity index (χ1) is 6.63. The van der Waals surface area contributed by atoms with Gasteiger partial charge in [-0.25, -0.2) is 4.39 Å². The third-order valence-corrected chi connectivity index (χ3v) is 2.19. The summed E-state index contributed by atoms with van der Waals surface area (Å²) in [6.45, 7) is 0. The predicted octanol–water partition coefficient (Wildman–Crippen LogP) is 1.82. The number of halogens is 2. The Morgan fingerprint density at radius 3 is 2.50 bits per heavy atom. The Morgan fingerprint density at radius 1 is 1.14 bits per heavy atom. The highest BCUT2D eigenvalue weighted by atomic mass is 19.2. The third-order valence-electron chi connectivity index (χ3n) is 2.19. The van der Waals surface area contributed by atoms with Crippen LogP contribution in [0.5, 0.6) is 0 Å². The summed E-state index contributed by atoms with van der Waals surface area (Å²) in [5.41, 5.74) is -0.558. The standard InChI is InChI=1S/C10H7F2NO/c1-13-7-5-3-2-4-6(7)8(11)9(12)10(13)14/h2-5H,1H3. The van der Waals surface area contributed by atoms with Crippen LogP contribution in [0.25, 0.3) is 10.9 Å². The zero-order chi connectivity index (χ0) is 10.3. The van der Waals surface area contributed by atoms with Crippen molar-refractivity contribution in [3.8, 4) is 0 Å². The van der Waals surface area contributed by atoms with Crippen LogP contribution in [0.1, 0.15) is 0 Å². The van der Waals surface area contributed by atoms with E-state index in [-0.39, 0.29) is 5.39 Å². The van der Waals surface area contributed by atoms with Gasteiger partial charge in [-0.2, -0.15) is 4.39 Å². The summed E-state index contributed by atoms with van der Waals surface area (Å²) in [5.74, 6) is -2.41. The number of para-hydroxylation sites is 1. The van der Waals surface area contributed by atoms with Gasteiger partial charge in [-0.15, -0.1) is 0 Å². The third kappa shape index (κ3) is 1.04. The molecular formula is C10H7F2NO. The Labute approximate surface area is 78.4 Å². The van der Waals surface area contributed by atoms with Crippen molar-refractivity contribution >= 4 is 10.9 Å². The summed E-state index contributed by atoms with van der Waals surface area (Å²) < 4.78 is 27.4. The number of hydrogen-bond acceptors (Lipinski definition) is 1. The lowest BCUT2D eigenvalue weighted by atomic mass is 10.2. The lowest BCUT2D eigenvalue weighted by Crippen LogP contribution is -2.22. The van der Waals surface area contributed by atoms with Crippen molar-refractivity contribution in [2.45, 2.75) is 0 Å². The van der Waals surface area contributed by atoms with Gasteiger partial charge in [-0.3, -0.25) is 4.79 Å². The highest BCUT2D eigenvalue weighted by molar-refractivity contribution is 5.79. The van der Waals surface area contributed by atoms with Crippen molar-refractivity contribution < 1.29 is 8.78 Å². The maximum Gasteiger partial charge on any atom is 0.289 e. The van der Waals surface area contributed by atoms with Crippen LogP contribution in [0.3, 0.4) is 0 Å². The molecule has 0 unspecified atom stereocenters. The second-order valence-electron chi connectivity index (χ2n) is 3.01. The fraction of sp³-hybridized carbons (Fsp3) is 0.100. The van der Waals surface area contributed by atoms with Gasteiger partial charge in [-0.05, 0) is 12.1 Å². The lowest BCUT2D eigenvalue weighted by Gasteiger charge is -2.05. The molecule has 0 atom stereocenters. The van der Waals surface area contributed by atoms with Crippen LogP contribution < -0.4 is 5.56 Å². The first kappa shape index (κ1) is 8.87. The molecule has 0 spiro atoms. The fourth-order valence-corrected chi connectivity index (χ4v) is 1.42. The lowest BCUT2D eigenvalue weighted by molar-refractivity contribution is 0.497. The molecule has 0 N–H and O–H groups in total. The smallest absolute Gasteiger partial charge is 0.289 e. The Balaban J connectivity index is 3.10. The van der Waals surface area contributed by atoms with E-state index in [9.17, 15) is 13.6 Å². The minimum Gasteiger partial charge on any atom is -0.309 e. The molecule has 1 heterocycles. The molecule has 0 bridgehead atoms. The molecule has 0 aliphatic heterocycles. The molecule has 0 aliphatic rings. The van der Waals surface area contributed by atoms with Crippen LogP contribution in [0.2, 0.25) is 0 Å². The summed E-state index contributed by atoms with van der Waals surface area (Å²) in [7, 11) is 1.41. The Hall–Kier alpha value is -1.71. The highest BCUT2D eigenvalue weighted by Gasteiger charge is 2.13. The molecule has 1 aromatic heterocycles. The van der Waals surface area contributed by atoms with Crippen LogP contribution >= 0.6 is 0 Å². The van der Waals surface area contributed by atoms with Gasteiger partial charge in [0.2, 0.25) is 5.82 Å². The molecule has 0 radical (unpaired) electrons. The SMILES string of the molecule is Cn1c(=O)c(F)c(F)c2ccccc21. The maximum atomic E-state index is 13.3. The highest BCUT2D eigenvalue weighted by Crippen LogP contribution is 2.16. The summed E-state index contributed by atoms with van der Waals surface area (Å²) in [6, 6.07) is 6.26. The van der Waals surface area contributed by atoms with E-state index in [0.717, 1.165) is 4.57 Å². The second-order valence-corrected chi connectivity index (χ2v) is 3.01. The summed E-state index contributed by atoms with van der Waals surface area (Å²) in [5, 5.41) is 0.118. The number of aryl methyl sites for hydroxylation is 1. The Bertz CT molecular complexity index is 560. The zero-order valence-corrected chi connectivity index (χ0v) is 7.42. The molecule has 0 saturated heterocycles. The zero-order valence-electron chi connectivity index (χ0n) is 7.42. The quantitative estimate of drug-likeness (QED) is 0.628. The van der Waals surface area contributed by atoms with E-state index >= 15 is 0 Å². The number of hydrogen-bond donors (Lipinski definition) is 0. The van der Waals surface area contributed by atoms with E-state index in [2.05, 4.69) is 0 Å². The van der Waals surface area contributed by atoms with Gasteiger partial charge >= 0.3 is 0 Å². The monoisotopic (exact) mass is 195 g/mol. The molecule has 14 heavy (non-hydrogen) atoms. The summed E-state index contributed by atoms with van der Waals surface area (Å²) in [4.78, 5) is 11.2. The van der Waals surface area contributed by atoms with Crippen LogP contribution in [0, 0.1) is 11.6 Å². The van der Waals surface area contributed by atoms with E-state index in [1.807, 2.05) is 0 Å². The number of fused-ring (bicyclic) bond motifs is 1. The second kappa shape index (κ2) is 2.90. The topological polar surface area (TPSA) is 22.0 Å². The van der Waals surface area contributed by atoms with Crippen molar-refractivity contribution in [3.05, 3.63) is 46.3 Å². The van der Waals surface area contributed by atoms with E-state index in [1.165, 1.54) is 13.1 Å². The van der Waals surface area contributed by atoms with Crippen LogP contribution in [0.15, 0.2) is 29.1 Å². The van der Waals surface area contributed by atoms with Crippen molar-refractivity contribution in [1.29, 1.82) is 0 Å². The molecule has 72 valence electrons. The maximum absolute atomic E-state index is 13.3. The predicted molar refractivity (Wildman–Crippen MR) is 49.1 cm³/mol. The van der Waals surface area contributed by atoms with Gasteiger partial charge in [0.15, 0.2) is 5.82 Å². The van der Waals surface area contributed by atoms with E-state index < -0.39 is 17.2 Å². The van der Waals surface area contributed by atoms with Crippen LogP contribution in [0.4, 0.5) is 8.78 Å². The average Bonchev–Trinajstić information content (AvgIpc) is 2.23. The molecule has 0 saturated carbocycles. The molecular weight excluding hydrogens is 188 g/mol. The van der Waals surface area contributed by atoms with Crippen molar-refractivity contribution in [3.63, 3.8) is 0 Å². The molecule has 0 fully saturated rings. The van der Waals surface area contributed by atoms with Crippen molar-refractivity contribution in [2.75, 3.05) is 0 Å². The minimum atomic E-state index is -1.33. The molecule has 4 heteroatoms. The number of benzene rings is 1. The van der Waals surface area contributed by atoms with E-state index in [1.54, 1.807) is 18.2 Å². The van der Waals surface area contributed by atoms with Crippen molar-refractivity contribution in [1.82, 2.24) is 4.57 Å². The fourth-order valence-electron chi connectivity index (χ4n) is 1.42. The molecule has 0 aliphatic carbocycles. The molecule has 1 aromatic carbocycles. The van der Waals surface area contributed by atoms with Crippen molar-refractivity contribution in [2.24, 2.45) is 7.05 Å². The molecule has 2 rings (SSSR count). The number of aromatic nitrogens is 1. The number of rotatable bonds is 0. The largest absolute Gasteiger partial charge is 0.309 e. The van der Waals surface area contributed by atoms with E-state index in [4.69, 9.17) is 0 Å². The molecule has 2 nitrogen and oxygen atoms in total. The van der Waals surface area contributed by atoms with Gasteiger partial charge in [-0.1, -0.05) is 12.1 Å². The minimum absolute atomic E-state index is 0.118. The van der Waals surface area contributed by atoms with Gasteiger partial charge < -0.3 is 4.57 Å². The first-order valence-corrected chi connectivity index (χ1v) is 4.05. The summed E-state index contributed by atoms with van der Waals surface area (Å²) >= 11 is 0. The number of nitrogens with zero attached hydrogens (tertiary/aromatic N) is 1. The Morgan fingerprint density at radius 2 is 1.79 bits per heavy atom. The first-order valence-electron chi connectivity index (χ1n) is 4.05. The van der Waals surface area contributed by atoms with Gasteiger partial charge in [0, 0.05) is 12.4 Å². The number of pyridine rings is 1. The van der Waals surface area contributed by atoms with E-state index in [0.29, 0.717) is 5.52 Å². The average molecular weight is 195 g/mol. The summed E-state index contributed by atoms with van der Waals surface area (Å²) in [6.07, 6.45) is 0. The van der Waals surface area contributed by atoms with Crippen LogP contribution in [-0.4, -0.2) is 4.57 Å². The molecule has 2 aromatic rings. The van der Waals surface area contributed by atoms with Crippen LogP contribution in [-0.2, 0) is 7.05 Å². The van der Waals surface area contributed by atoms with Gasteiger partial charge in [0.05, 0.1) is 5.52 Å².